The molecule has 0 saturated heterocycles. The van der Waals surface area contributed by atoms with Crippen LogP contribution in [0.5, 0.6) is 0 Å². The molecule has 3 nitrogen and oxygen atoms in total. The lowest BCUT2D eigenvalue weighted by molar-refractivity contribution is 0.590. The minimum atomic E-state index is -3.27. The molecule has 2 aliphatic rings. The van der Waals surface area contributed by atoms with Gasteiger partial charge in [-0.25, -0.2) is 0 Å². The Bertz CT molecular complexity index is 6540. The first-order valence-electron chi connectivity index (χ1n) is 42.1. The minimum Gasteiger partial charge on any atom is -0.310 e. The maximum Gasteiger partial charge on any atom is 0.252 e. The molecule has 0 aliphatic carbocycles. The Balaban J connectivity index is 0.985. The fourth-order valence-corrected chi connectivity index (χ4v) is 23.9. The SMILES string of the molecule is CC(C)(C)c1ccc(-c2cc3c4c(c2)N(c2c(-c5ccccc5)cc(C(C)(C)C)cc2-c2ccccc2)c2cc([Si](c5ccccc5)(c5ccccc5)c5ccccc5)ccc2B4c2ccc(-n4c5ccc(-c6ccccc6)cc5c5cc(-c6ccccc6)ccc54)cc2N3c2c(-c3ccccc3)cc(C(C)(C)C)cc2-c2ccccc2)cc1. The predicted octanol–water partition coefficient (Wildman–Crippen LogP) is 25.8. The molecule has 0 radical (unpaired) electrons. The van der Waals surface area contributed by atoms with Crippen LogP contribution in [0.15, 0.2) is 406 Å². The molecule has 3 heterocycles. The Kier molecular flexibility index (Phi) is 18.4. The maximum absolute atomic E-state index is 3.27. The summed E-state index contributed by atoms with van der Waals surface area (Å²) in [5, 5.41) is 7.63. The molecule has 0 amide bonds. The van der Waals surface area contributed by atoms with Gasteiger partial charge in [-0.1, -0.05) is 390 Å². The maximum atomic E-state index is 2.78. The van der Waals surface area contributed by atoms with E-state index in [1.54, 1.807) is 0 Å². The fraction of sp³-hybridized carbons (Fsp3) is 0.105. The second kappa shape index (κ2) is 29.5. The van der Waals surface area contributed by atoms with Crippen molar-refractivity contribution >= 4 is 108 Å². The van der Waals surface area contributed by atoms with Gasteiger partial charge in [0, 0.05) is 61.5 Å². The molecule has 2 aliphatic heterocycles. The number of benzene rings is 17. The Labute approximate surface area is 702 Å². The highest BCUT2D eigenvalue weighted by Gasteiger charge is 2.49. The summed E-state index contributed by atoms with van der Waals surface area (Å²) in [6, 6.07) is 156. The van der Waals surface area contributed by atoms with Crippen LogP contribution in [0, 0.1) is 0 Å². The highest BCUT2D eigenvalue weighted by atomic mass is 28.3. The van der Waals surface area contributed by atoms with Gasteiger partial charge in [0.2, 0.25) is 0 Å². The van der Waals surface area contributed by atoms with E-state index in [4.69, 9.17) is 0 Å². The van der Waals surface area contributed by atoms with Gasteiger partial charge in [0.05, 0.1) is 22.4 Å². The number of rotatable bonds is 14. The van der Waals surface area contributed by atoms with Gasteiger partial charge in [-0.05, 0) is 205 Å². The average Bonchev–Trinajstić information content (AvgIpc) is 0.892. The van der Waals surface area contributed by atoms with Gasteiger partial charge in [-0.2, -0.15) is 0 Å². The number of fused-ring (bicyclic) bond motifs is 7. The minimum absolute atomic E-state index is 0.0889. The van der Waals surface area contributed by atoms with E-state index >= 15 is 0 Å². The first kappa shape index (κ1) is 74.3. The second-order valence-corrected chi connectivity index (χ2v) is 39.4. The van der Waals surface area contributed by atoms with Gasteiger partial charge < -0.3 is 14.4 Å². The molecule has 0 bridgehead atoms. The van der Waals surface area contributed by atoms with Gasteiger partial charge in [0.25, 0.3) is 6.71 Å². The van der Waals surface area contributed by atoms with E-state index in [0.717, 1.165) is 106 Å². The highest BCUT2D eigenvalue weighted by molar-refractivity contribution is 7.20. The van der Waals surface area contributed by atoms with Crippen molar-refractivity contribution in [1.82, 2.24) is 4.57 Å². The first-order chi connectivity index (χ1) is 57.9. The Morgan fingerprint density at radius 2 is 0.538 bits per heavy atom. The zero-order valence-electron chi connectivity index (χ0n) is 69.1. The monoisotopic (exact) mass is 1540 g/mol. The lowest BCUT2D eigenvalue weighted by atomic mass is 9.33. The average molecular weight is 1540 g/mol. The van der Waals surface area contributed by atoms with Crippen molar-refractivity contribution in [2.24, 2.45) is 0 Å². The molecule has 0 fully saturated rings. The summed E-state index contributed by atoms with van der Waals surface area (Å²) in [7, 11) is -3.27. The molecule has 119 heavy (non-hydrogen) atoms. The number of aromatic nitrogens is 1. The molecular weight excluding hydrogens is 1450 g/mol. The lowest BCUT2D eigenvalue weighted by Gasteiger charge is -2.47. The third kappa shape index (κ3) is 13.0. The molecule has 572 valence electrons. The molecule has 0 atom stereocenters. The van der Waals surface area contributed by atoms with E-state index in [1.165, 1.54) is 86.9 Å². The van der Waals surface area contributed by atoms with Crippen LogP contribution < -0.4 is 46.9 Å². The Hall–Kier alpha value is -13.6. The molecule has 0 saturated carbocycles. The topological polar surface area (TPSA) is 11.4 Å². The van der Waals surface area contributed by atoms with Crippen LogP contribution in [0.4, 0.5) is 34.1 Å². The van der Waals surface area contributed by atoms with Crippen molar-refractivity contribution in [2.75, 3.05) is 9.80 Å². The van der Waals surface area contributed by atoms with Gasteiger partial charge in [0.1, 0.15) is 0 Å². The molecule has 0 spiro atoms. The molecular formula is C114H94BN3Si. The van der Waals surface area contributed by atoms with Crippen molar-refractivity contribution in [3.05, 3.63) is 423 Å². The van der Waals surface area contributed by atoms with E-state index in [2.05, 4.69) is 483 Å². The normalized spacial score (nSPS) is 12.7. The summed E-state index contributed by atoms with van der Waals surface area (Å²) in [6.07, 6.45) is 0. The smallest absolute Gasteiger partial charge is 0.252 e. The fourth-order valence-electron chi connectivity index (χ4n) is 19.1. The summed E-state index contributed by atoms with van der Waals surface area (Å²) in [6.45, 7) is 20.9. The molecule has 18 aromatic rings. The molecule has 20 rings (SSSR count). The molecule has 0 N–H and O–H groups in total. The Morgan fingerprint density at radius 1 is 0.227 bits per heavy atom. The van der Waals surface area contributed by atoms with Gasteiger partial charge in [-0.15, -0.1) is 0 Å². The van der Waals surface area contributed by atoms with Crippen LogP contribution in [0.1, 0.15) is 79.0 Å². The van der Waals surface area contributed by atoms with Gasteiger partial charge in [0.15, 0.2) is 8.07 Å². The van der Waals surface area contributed by atoms with E-state index < -0.39 is 8.07 Å². The van der Waals surface area contributed by atoms with Crippen LogP contribution in [0.3, 0.4) is 0 Å². The second-order valence-electron chi connectivity index (χ2n) is 35.6. The summed E-state index contributed by atoms with van der Waals surface area (Å²) in [4.78, 5) is 5.53. The Morgan fingerprint density at radius 3 is 0.891 bits per heavy atom. The zero-order valence-corrected chi connectivity index (χ0v) is 70.1. The number of nitrogens with zero attached hydrogens (tertiary/aromatic N) is 3. The summed E-state index contributed by atoms with van der Waals surface area (Å²) in [5.41, 5.74) is 33.1. The molecule has 17 aromatic carbocycles. The van der Waals surface area contributed by atoms with Crippen molar-refractivity contribution in [3.63, 3.8) is 0 Å². The molecule has 1 aromatic heterocycles. The highest BCUT2D eigenvalue weighted by Crippen LogP contribution is 2.56. The van der Waals surface area contributed by atoms with E-state index in [9.17, 15) is 0 Å². The van der Waals surface area contributed by atoms with Crippen LogP contribution >= 0.6 is 0 Å². The lowest BCUT2D eigenvalue weighted by Crippen LogP contribution is -2.75. The summed E-state index contributed by atoms with van der Waals surface area (Å²) >= 11 is 0. The zero-order chi connectivity index (χ0) is 80.9. The van der Waals surface area contributed by atoms with Crippen LogP contribution in [-0.2, 0) is 16.2 Å². The third-order valence-corrected chi connectivity index (χ3v) is 29.9. The van der Waals surface area contributed by atoms with E-state index in [1.807, 2.05) is 0 Å². The van der Waals surface area contributed by atoms with Crippen molar-refractivity contribution in [2.45, 2.75) is 78.6 Å². The van der Waals surface area contributed by atoms with Gasteiger partial charge >= 0.3 is 0 Å². The predicted molar refractivity (Wildman–Crippen MR) is 513 cm³/mol. The van der Waals surface area contributed by atoms with Gasteiger partial charge in [-0.3, -0.25) is 0 Å². The van der Waals surface area contributed by atoms with Crippen LogP contribution in [0.2, 0.25) is 0 Å². The summed E-state index contributed by atoms with van der Waals surface area (Å²) < 4.78 is 2.56. The van der Waals surface area contributed by atoms with Crippen molar-refractivity contribution < 1.29 is 0 Å². The summed E-state index contributed by atoms with van der Waals surface area (Å²) in [5.74, 6) is 0. The standard InChI is InChI=1S/C114H94BN3Si/c1-112(2,3)87-59-55-79(56-60-87)86-69-107-109-108(70-86)118(111-97(82-45-27-14-28-46-82)73-89(114(7,8)9)74-98(111)83-47-29-15-30-48-83)106-76-94(119(91-49-31-16-32-50-91,92-51-33-17-34-52-92)93-53-35-18-36-54-93)62-64-102(106)115(109)101-63-61-90(75-105(101)117(107)110-95(80-41-23-12-24-42-80)71-88(113(4,5)6)72-96(110)81-43-25-13-26-44-81)116-103-65-57-84(77-37-19-10-20-38-77)67-99(103)100-68-85(58-66-104(100)116)78-39-21-11-22-40-78/h10-76H,1-9H3. The van der Waals surface area contributed by atoms with Crippen LogP contribution in [0.25, 0.3) is 105 Å². The number of hydrogen-bond donors (Lipinski definition) is 0. The third-order valence-electron chi connectivity index (χ3n) is 25.2. The largest absolute Gasteiger partial charge is 0.310 e. The quantitative estimate of drug-likeness (QED) is 0.0794. The number of anilines is 6. The van der Waals surface area contributed by atoms with E-state index in [0.29, 0.717) is 0 Å². The van der Waals surface area contributed by atoms with Crippen molar-refractivity contribution in [3.8, 4) is 83.6 Å². The van der Waals surface area contributed by atoms with E-state index in [-0.39, 0.29) is 23.0 Å². The van der Waals surface area contributed by atoms with Crippen LogP contribution in [-0.4, -0.2) is 19.4 Å². The van der Waals surface area contributed by atoms with Crippen molar-refractivity contribution in [1.29, 1.82) is 0 Å². The molecule has 5 heteroatoms. The molecule has 0 unspecified atom stereocenters. The first-order valence-corrected chi connectivity index (χ1v) is 44.1. The number of hydrogen-bond acceptors (Lipinski definition) is 2.